The first kappa shape index (κ1) is 14.8. The predicted octanol–water partition coefficient (Wildman–Crippen LogP) is 1.97. The lowest BCUT2D eigenvalue weighted by Crippen LogP contribution is -2.37. The Bertz CT molecular complexity index is 411. The average Bonchev–Trinajstić information content (AvgIpc) is 2.39. The number of nitrogens with one attached hydrogen (secondary N) is 1. The Morgan fingerprint density at radius 2 is 2.21 bits per heavy atom. The van der Waals surface area contributed by atoms with Crippen molar-refractivity contribution in [2.45, 2.75) is 13.0 Å². The van der Waals surface area contributed by atoms with E-state index >= 15 is 0 Å². The van der Waals surface area contributed by atoms with E-state index in [2.05, 4.69) is 56.8 Å². The van der Waals surface area contributed by atoms with E-state index in [1.807, 2.05) is 0 Å². The van der Waals surface area contributed by atoms with Crippen molar-refractivity contribution in [1.82, 2.24) is 4.98 Å². The standard InChI is InChI=1S/C13H20IN3O2/c1-10(9-18-2)15-12-7-11(14)8-13(16-12)17-3-5-19-6-4-17/h7-8,10H,3-6,9H2,1-2H3,(H,15,16). The molecule has 2 rings (SSSR count). The van der Waals surface area contributed by atoms with Gasteiger partial charge in [-0.15, -0.1) is 0 Å². The quantitative estimate of drug-likeness (QED) is 0.796. The molecule has 0 aromatic carbocycles. The highest BCUT2D eigenvalue weighted by molar-refractivity contribution is 14.1. The lowest BCUT2D eigenvalue weighted by atomic mass is 10.3. The van der Waals surface area contributed by atoms with Gasteiger partial charge in [-0.3, -0.25) is 0 Å². The molecule has 1 N–H and O–H groups in total. The van der Waals surface area contributed by atoms with Crippen molar-refractivity contribution in [3.8, 4) is 0 Å². The molecule has 1 unspecified atom stereocenters. The molecule has 1 saturated heterocycles. The van der Waals surface area contributed by atoms with Crippen LogP contribution in [0.2, 0.25) is 0 Å². The van der Waals surface area contributed by atoms with Crippen LogP contribution in [-0.4, -0.2) is 51.0 Å². The van der Waals surface area contributed by atoms with Crippen LogP contribution in [0.5, 0.6) is 0 Å². The van der Waals surface area contributed by atoms with E-state index in [0.717, 1.165) is 37.9 Å². The van der Waals surface area contributed by atoms with Crippen LogP contribution in [0.15, 0.2) is 12.1 Å². The molecule has 2 heterocycles. The third-order valence-corrected chi connectivity index (χ3v) is 3.55. The zero-order valence-electron chi connectivity index (χ0n) is 11.4. The fraction of sp³-hybridized carbons (Fsp3) is 0.615. The summed E-state index contributed by atoms with van der Waals surface area (Å²) in [4.78, 5) is 6.94. The Morgan fingerprint density at radius 3 is 2.89 bits per heavy atom. The van der Waals surface area contributed by atoms with Gasteiger partial charge in [0.15, 0.2) is 0 Å². The molecule has 1 aromatic heterocycles. The third kappa shape index (κ3) is 4.47. The molecule has 0 radical (unpaired) electrons. The minimum absolute atomic E-state index is 0.244. The van der Waals surface area contributed by atoms with Gasteiger partial charge in [0, 0.05) is 29.8 Å². The van der Waals surface area contributed by atoms with Gasteiger partial charge in [-0.25, -0.2) is 4.98 Å². The molecule has 1 atom stereocenters. The van der Waals surface area contributed by atoms with Gasteiger partial charge >= 0.3 is 0 Å². The van der Waals surface area contributed by atoms with Crippen molar-refractivity contribution in [2.75, 3.05) is 50.2 Å². The second kappa shape index (κ2) is 7.25. The maximum absolute atomic E-state index is 5.37. The summed E-state index contributed by atoms with van der Waals surface area (Å²) in [6.07, 6.45) is 0. The minimum Gasteiger partial charge on any atom is -0.383 e. The zero-order valence-corrected chi connectivity index (χ0v) is 13.5. The fourth-order valence-electron chi connectivity index (χ4n) is 2.06. The molecule has 1 aromatic rings. The first-order valence-electron chi connectivity index (χ1n) is 6.45. The van der Waals surface area contributed by atoms with Crippen LogP contribution in [0.3, 0.4) is 0 Å². The van der Waals surface area contributed by atoms with Crippen LogP contribution >= 0.6 is 22.6 Å². The number of aromatic nitrogens is 1. The SMILES string of the molecule is COCC(C)Nc1cc(I)cc(N2CCOCC2)n1. The molecule has 0 amide bonds. The number of anilines is 2. The summed E-state index contributed by atoms with van der Waals surface area (Å²) in [7, 11) is 1.71. The zero-order chi connectivity index (χ0) is 13.7. The molecule has 106 valence electrons. The Kier molecular flexibility index (Phi) is 5.65. The number of nitrogens with zero attached hydrogens (tertiary/aromatic N) is 2. The highest BCUT2D eigenvalue weighted by Crippen LogP contribution is 2.20. The Labute approximate surface area is 127 Å². The van der Waals surface area contributed by atoms with Crippen molar-refractivity contribution in [1.29, 1.82) is 0 Å². The predicted molar refractivity (Wildman–Crippen MR) is 84.9 cm³/mol. The van der Waals surface area contributed by atoms with Crippen molar-refractivity contribution in [3.05, 3.63) is 15.7 Å². The highest BCUT2D eigenvalue weighted by atomic mass is 127. The van der Waals surface area contributed by atoms with Crippen LogP contribution in [0.1, 0.15) is 6.92 Å². The summed E-state index contributed by atoms with van der Waals surface area (Å²) in [5, 5.41) is 3.36. The Morgan fingerprint density at radius 1 is 1.47 bits per heavy atom. The monoisotopic (exact) mass is 377 g/mol. The van der Waals surface area contributed by atoms with Crippen LogP contribution in [0.25, 0.3) is 0 Å². The van der Waals surface area contributed by atoms with E-state index in [-0.39, 0.29) is 6.04 Å². The highest BCUT2D eigenvalue weighted by Gasteiger charge is 2.14. The maximum atomic E-state index is 5.37. The fourth-order valence-corrected chi connectivity index (χ4v) is 2.63. The summed E-state index contributed by atoms with van der Waals surface area (Å²) in [5.41, 5.74) is 0. The molecule has 1 fully saturated rings. The number of ether oxygens (including phenoxy) is 2. The molecule has 1 aliphatic heterocycles. The van der Waals surface area contributed by atoms with Gasteiger partial charge in [0.1, 0.15) is 11.6 Å². The Balaban J connectivity index is 2.09. The van der Waals surface area contributed by atoms with Crippen LogP contribution in [0, 0.1) is 3.57 Å². The lowest BCUT2D eigenvalue weighted by Gasteiger charge is -2.28. The number of hydrogen-bond acceptors (Lipinski definition) is 5. The minimum atomic E-state index is 0.244. The largest absolute Gasteiger partial charge is 0.383 e. The normalized spacial score (nSPS) is 17.3. The summed E-state index contributed by atoms with van der Waals surface area (Å²) >= 11 is 2.33. The molecule has 5 nitrogen and oxygen atoms in total. The average molecular weight is 377 g/mol. The topological polar surface area (TPSA) is 46.6 Å². The smallest absolute Gasteiger partial charge is 0.132 e. The van der Waals surface area contributed by atoms with Gasteiger partial charge in [-0.1, -0.05) is 0 Å². The number of morpholine rings is 1. The molecule has 6 heteroatoms. The summed E-state index contributed by atoms with van der Waals surface area (Å²) in [5.74, 6) is 1.92. The summed E-state index contributed by atoms with van der Waals surface area (Å²) in [6, 6.07) is 4.41. The number of halogens is 1. The van der Waals surface area contributed by atoms with Crippen LogP contribution in [0.4, 0.5) is 11.6 Å². The summed E-state index contributed by atoms with van der Waals surface area (Å²) in [6.45, 7) is 6.10. The summed E-state index contributed by atoms with van der Waals surface area (Å²) < 4.78 is 11.7. The second-order valence-corrected chi connectivity index (χ2v) is 5.87. The number of methoxy groups -OCH3 is 1. The van der Waals surface area contributed by atoms with Crippen molar-refractivity contribution >= 4 is 34.2 Å². The number of rotatable bonds is 5. The first-order valence-corrected chi connectivity index (χ1v) is 7.52. The van der Waals surface area contributed by atoms with Gasteiger partial charge in [0.25, 0.3) is 0 Å². The van der Waals surface area contributed by atoms with E-state index in [1.165, 1.54) is 3.57 Å². The van der Waals surface area contributed by atoms with E-state index in [1.54, 1.807) is 7.11 Å². The van der Waals surface area contributed by atoms with Gasteiger partial charge in [-0.05, 0) is 41.6 Å². The number of pyridine rings is 1. The molecule has 1 aliphatic rings. The molecular weight excluding hydrogens is 357 g/mol. The first-order chi connectivity index (χ1) is 9.19. The lowest BCUT2D eigenvalue weighted by molar-refractivity contribution is 0.122. The number of hydrogen-bond donors (Lipinski definition) is 1. The van der Waals surface area contributed by atoms with Gasteiger partial charge in [-0.2, -0.15) is 0 Å². The third-order valence-electron chi connectivity index (χ3n) is 2.92. The van der Waals surface area contributed by atoms with Gasteiger partial charge < -0.3 is 19.7 Å². The molecule has 0 aliphatic carbocycles. The van der Waals surface area contributed by atoms with E-state index < -0.39 is 0 Å². The van der Waals surface area contributed by atoms with Crippen LogP contribution < -0.4 is 10.2 Å². The molecule has 0 spiro atoms. The Hall–Kier alpha value is -0.600. The van der Waals surface area contributed by atoms with Gasteiger partial charge in [0.2, 0.25) is 0 Å². The maximum Gasteiger partial charge on any atom is 0.132 e. The van der Waals surface area contributed by atoms with E-state index in [9.17, 15) is 0 Å². The second-order valence-electron chi connectivity index (χ2n) is 4.63. The van der Waals surface area contributed by atoms with Crippen molar-refractivity contribution in [3.63, 3.8) is 0 Å². The van der Waals surface area contributed by atoms with E-state index in [4.69, 9.17) is 9.47 Å². The molecule has 0 saturated carbocycles. The molecular formula is C13H20IN3O2. The van der Waals surface area contributed by atoms with Crippen molar-refractivity contribution in [2.24, 2.45) is 0 Å². The van der Waals surface area contributed by atoms with Crippen LogP contribution in [-0.2, 0) is 9.47 Å². The van der Waals surface area contributed by atoms with Crippen molar-refractivity contribution < 1.29 is 9.47 Å². The molecule has 19 heavy (non-hydrogen) atoms. The van der Waals surface area contributed by atoms with E-state index in [0.29, 0.717) is 6.61 Å². The molecule has 0 bridgehead atoms. The van der Waals surface area contributed by atoms with Gasteiger partial charge in [0.05, 0.1) is 19.8 Å².